The van der Waals surface area contributed by atoms with Crippen molar-refractivity contribution in [2.45, 2.75) is 19.3 Å². The summed E-state index contributed by atoms with van der Waals surface area (Å²) in [4.78, 5) is 3.39. The predicted molar refractivity (Wildman–Crippen MR) is 65.4 cm³/mol. The summed E-state index contributed by atoms with van der Waals surface area (Å²) in [6.45, 7) is 2.90. The van der Waals surface area contributed by atoms with Crippen molar-refractivity contribution >= 4 is 22.5 Å². The molecule has 0 bridgehead atoms. The van der Waals surface area contributed by atoms with Gasteiger partial charge in [0.15, 0.2) is 0 Å². The van der Waals surface area contributed by atoms with Crippen molar-refractivity contribution < 1.29 is 0 Å². The number of nitrogens with one attached hydrogen (secondary N) is 1. The molecule has 80 valence electrons. The van der Waals surface area contributed by atoms with Gasteiger partial charge in [-0.2, -0.15) is 0 Å². The first-order valence-corrected chi connectivity index (χ1v) is 5.56. The molecule has 0 aliphatic rings. The first-order valence-electron chi connectivity index (χ1n) is 5.19. The van der Waals surface area contributed by atoms with Crippen LogP contribution in [-0.4, -0.2) is 11.5 Å². The summed E-state index contributed by atoms with van der Waals surface area (Å²) < 4.78 is 0. The normalized spacial score (nSPS) is 13.3. The Labute approximate surface area is 94.4 Å². The van der Waals surface area contributed by atoms with E-state index in [4.69, 9.17) is 17.3 Å². The molecular weight excluding hydrogens is 208 g/mol. The Bertz CT molecular complexity index is 462. The predicted octanol–water partition coefficient (Wildman–Crippen LogP) is 3.27. The van der Waals surface area contributed by atoms with E-state index in [0.717, 1.165) is 23.5 Å². The summed E-state index contributed by atoms with van der Waals surface area (Å²) in [7, 11) is 0. The van der Waals surface area contributed by atoms with Crippen LogP contribution in [0.3, 0.4) is 0 Å². The molecule has 1 aromatic heterocycles. The lowest BCUT2D eigenvalue weighted by atomic mass is 10.0. The van der Waals surface area contributed by atoms with Crippen molar-refractivity contribution in [1.29, 1.82) is 0 Å². The Kier molecular flexibility index (Phi) is 2.98. The Morgan fingerprint density at radius 2 is 2.20 bits per heavy atom. The number of H-pyrrole nitrogens is 1. The van der Waals surface area contributed by atoms with Crippen molar-refractivity contribution in [3.63, 3.8) is 0 Å². The largest absolute Gasteiger partial charge is 0.358 e. The minimum Gasteiger partial charge on any atom is -0.358 e. The van der Waals surface area contributed by atoms with Crippen LogP contribution in [0.5, 0.6) is 0 Å². The first-order chi connectivity index (χ1) is 7.20. The number of halogens is 1. The third kappa shape index (κ3) is 2.16. The third-order valence-electron chi connectivity index (χ3n) is 2.73. The van der Waals surface area contributed by atoms with Crippen molar-refractivity contribution in [2.75, 3.05) is 6.54 Å². The lowest BCUT2D eigenvalue weighted by molar-refractivity contribution is 0.676. The van der Waals surface area contributed by atoms with Gasteiger partial charge in [0.25, 0.3) is 0 Å². The van der Waals surface area contributed by atoms with Crippen LogP contribution in [0, 0.1) is 0 Å². The molecular formula is C12H15ClN2. The van der Waals surface area contributed by atoms with Crippen molar-refractivity contribution in [1.82, 2.24) is 4.98 Å². The fourth-order valence-electron chi connectivity index (χ4n) is 1.80. The molecule has 1 heterocycles. The number of hydrogen-bond acceptors (Lipinski definition) is 1. The SMILES string of the molecule is CC(CCN)c1cc2cc(Cl)ccc2[nH]1. The van der Waals surface area contributed by atoms with E-state index in [1.165, 1.54) is 11.1 Å². The molecule has 1 unspecified atom stereocenters. The molecule has 2 aromatic rings. The van der Waals surface area contributed by atoms with E-state index in [-0.39, 0.29) is 0 Å². The number of benzene rings is 1. The first kappa shape index (κ1) is 10.5. The van der Waals surface area contributed by atoms with Crippen LogP contribution in [0.2, 0.25) is 5.02 Å². The van der Waals surface area contributed by atoms with Crippen LogP contribution < -0.4 is 5.73 Å². The highest BCUT2D eigenvalue weighted by Crippen LogP contribution is 2.25. The highest BCUT2D eigenvalue weighted by Gasteiger charge is 2.08. The Balaban J connectivity index is 2.38. The van der Waals surface area contributed by atoms with Gasteiger partial charge >= 0.3 is 0 Å². The standard InChI is InChI=1S/C12H15ClN2/c1-8(4-5-14)12-7-9-6-10(13)2-3-11(9)15-12/h2-3,6-8,15H,4-5,14H2,1H3. The Morgan fingerprint density at radius 1 is 1.40 bits per heavy atom. The van der Waals surface area contributed by atoms with Crippen LogP contribution in [0.15, 0.2) is 24.3 Å². The number of aromatic amines is 1. The topological polar surface area (TPSA) is 41.8 Å². The Morgan fingerprint density at radius 3 is 2.93 bits per heavy atom. The van der Waals surface area contributed by atoms with Crippen molar-refractivity contribution in [2.24, 2.45) is 5.73 Å². The van der Waals surface area contributed by atoms with Gasteiger partial charge in [0.1, 0.15) is 0 Å². The van der Waals surface area contributed by atoms with Gasteiger partial charge in [-0.15, -0.1) is 0 Å². The van der Waals surface area contributed by atoms with Gasteiger partial charge in [-0.3, -0.25) is 0 Å². The second-order valence-corrected chi connectivity index (χ2v) is 4.37. The van der Waals surface area contributed by atoms with E-state index in [0.29, 0.717) is 5.92 Å². The highest BCUT2D eigenvalue weighted by atomic mass is 35.5. The minimum absolute atomic E-state index is 0.473. The highest BCUT2D eigenvalue weighted by molar-refractivity contribution is 6.31. The van der Waals surface area contributed by atoms with Crippen LogP contribution in [0.1, 0.15) is 25.0 Å². The van der Waals surface area contributed by atoms with Crippen molar-refractivity contribution in [3.8, 4) is 0 Å². The number of fused-ring (bicyclic) bond motifs is 1. The summed E-state index contributed by atoms with van der Waals surface area (Å²) in [5.41, 5.74) is 7.92. The lowest BCUT2D eigenvalue weighted by Gasteiger charge is -2.06. The maximum Gasteiger partial charge on any atom is 0.0457 e. The zero-order chi connectivity index (χ0) is 10.8. The molecule has 1 aromatic carbocycles. The summed E-state index contributed by atoms with van der Waals surface area (Å²) in [6.07, 6.45) is 1.00. The zero-order valence-electron chi connectivity index (χ0n) is 8.76. The Hall–Kier alpha value is -0.990. The van der Waals surface area contributed by atoms with E-state index < -0.39 is 0 Å². The van der Waals surface area contributed by atoms with Crippen LogP contribution in [0.25, 0.3) is 10.9 Å². The second-order valence-electron chi connectivity index (χ2n) is 3.93. The number of aromatic nitrogens is 1. The maximum atomic E-state index is 5.93. The van der Waals surface area contributed by atoms with E-state index in [9.17, 15) is 0 Å². The molecule has 0 saturated carbocycles. The van der Waals surface area contributed by atoms with Crippen molar-refractivity contribution in [3.05, 3.63) is 35.0 Å². The van der Waals surface area contributed by atoms with Crippen LogP contribution >= 0.6 is 11.6 Å². The summed E-state index contributed by atoms with van der Waals surface area (Å²) in [5, 5.41) is 1.95. The van der Waals surface area contributed by atoms with Gasteiger partial charge in [-0.1, -0.05) is 18.5 Å². The van der Waals surface area contributed by atoms with E-state index >= 15 is 0 Å². The van der Waals surface area contributed by atoms with Gasteiger partial charge < -0.3 is 10.7 Å². The quantitative estimate of drug-likeness (QED) is 0.823. The molecule has 0 saturated heterocycles. The fourth-order valence-corrected chi connectivity index (χ4v) is 1.98. The molecule has 1 atom stereocenters. The molecule has 0 aliphatic heterocycles. The van der Waals surface area contributed by atoms with Crippen LogP contribution in [-0.2, 0) is 0 Å². The van der Waals surface area contributed by atoms with Gasteiger partial charge in [-0.25, -0.2) is 0 Å². The molecule has 0 amide bonds. The molecule has 15 heavy (non-hydrogen) atoms. The molecule has 0 spiro atoms. The fraction of sp³-hybridized carbons (Fsp3) is 0.333. The molecule has 0 aliphatic carbocycles. The van der Waals surface area contributed by atoms with E-state index in [1.807, 2.05) is 18.2 Å². The van der Waals surface area contributed by atoms with Gasteiger partial charge in [0.2, 0.25) is 0 Å². The molecule has 0 fully saturated rings. The number of nitrogens with two attached hydrogens (primary N) is 1. The lowest BCUT2D eigenvalue weighted by Crippen LogP contribution is -2.04. The summed E-state index contributed by atoms with van der Waals surface area (Å²) >= 11 is 5.93. The van der Waals surface area contributed by atoms with Crippen LogP contribution in [0.4, 0.5) is 0 Å². The van der Waals surface area contributed by atoms with Gasteiger partial charge in [0, 0.05) is 21.6 Å². The summed E-state index contributed by atoms with van der Waals surface area (Å²) in [6, 6.07) is 8.04. The second kappa shape index (κ2) is 4.25. The maximum absolute atomic E-state index is 5.93. The molecule has 3 N–H and O–H groups in total. The summed E-state index contributed by atoms with van der Waals surface area (Å²) in [5.74, 6) is 0.473. The van der Waals surface area contributed by atoms with E-state index in [2.05, 4.69) is 18.0 Å². The molecule has 2 rings (SSSR count). The average molecular weight is 223 g/mol. The third-order valence-corrected chi connectivity index (χ3v) is 2.97. The zero-order valence-corrected chi connectivity index (χ0v) is 9.51. The molecule has 2 nitrogen and oxygen atoms in total. The number of hydrogen-bond donors (Lipinski definition) is 2. The molecule has 3 heteroatoms. The average Bonchev–Trinajstić information content (AvgIpc) is 2.60. The number of rotatable bonds is 3. The smallest absolute Gasteiger partial charge is 0.0457 e. The molecule has 0 radical (unpaired) electrons. The van der Waals surface area contributed by atoms with Gasteiger partial charge in [-0.05, 0) is 43.1 Å². The van der Waals surface area contributed by atoms with Gasteiger partial charge in [0.05, 0.1) is 0 Å². The monoisotopic (exact) mass is 222 g/mol. The minimum atomic E-state index is 0.473. The van der Waals surface area contributed by atoms with E-state index in [1.54, 1.807) is 0 Å².